The molecule has 1 aliphatic rings. The molecule has 1 N–H and O–H groups in total. The summed E-state index contributed by atoms with van der Waals surface area (Å²) in [5, 5.41) is 3.31. The lowest BCUT2D eigenvalue weighted by Gasteiger charge is -2.15. The van der Waals surface area contributed by atoms with Crippen LogP contribution in [0.4, 0.5) is 5.95 Å². The molecule has 3 rings (SSSR count). The van der Waals surface area contributed by atoms with Gasteiger partial charge in [-0.3, -0.25) is 0 Å². The Bertz CT molecular complexity index is 562. The highest BCUT2D eigenvalue weighted by Crippen LogP contribution is 2.33. The number of rotatable bonds is 2. The molecule has 0 atom stereocenters. The van der Waals surface area contributed by atoms with Crippen LogP contribution in [0.2, 0.25) is 0 Å². The van der Waals surface area contributed by atoms with Crippen molar-refractivity contribution in [1.82, 2.24) is 9.55 Å². The van der Waals surface area contributed by atoms with Crippen LogP contribution in [0.25, 0.3) is 11.3 Å². The van der Waals surface area contributed by atoms with Crippen LogP contribution in [-0.4, -0.2) is 23.2 Å². The minimum atomic E-state index is 0.858. The molecule has 1 aromatic heterocycles. The first-order chi connectivity index (χ1) is 8.79. The fraction of sp³-hybridized carbons (Fsp3) is 0.308. The lowest BCUT2D eigenvalue weighted by Crippen LogP contribution is -2.17. The fourth-order valence-corrected chi connectivity index (χ4v) is 2.80. The summed E-state index contributed by atoms with van der Waals surface area (Å²) in [6, 6.07) is 7.96. The van der Waals surface area contributed by atoms with Crippen LogP contribution in [0.5, 0.6) is 5.75 Å². The number of anilines is 1. The van der Waals surface area contributed by atoms with Gasteiger partial charge >= 0.3 is 0 Å². The van der Waals surface area contributed by atoms with Crippen LogP contribution in [0.1, 0.15) is 6.42 Å². The van der Waals surface area contributed by atoms with Crippen LogP contribution >= 0.6 is 15.9 Å². The van der Waals surface area contributed by atoms with E-state index in [1.807, 2.05) is 24.3 Å². The maximum atomic E-state index is 5.17. The van der Waals surface area contributed by atoms with Crippen molar-refractivity contribution >= 4 is 21.9 Å². The molecule has 2 heterocycles. The van der Waals surface area contributed by atoms with Gasteiger partial charge in [-0.1, -0.05) is 0 Å². The van der Waals surface area contributed by atoms with Gasteiger partial charge in [-0.2, -0.15) is 0 Å². The summed E-state index contributed by atoms with van der Waals surface area (Å²) < 4.78 is 8.37. The van der Waals surface area contributed by atoms with Crippen molar-refractivity contribution in [2.75, 3.05) is 19.0 Å². The van der Waals surface area contributed by atoms with Gasteiger partial charge in [-0.25, -0.2) is 4.98 Å². The lowest BCUT2D eigenvalue weighted by atomic mass is 10.2. The van der Waals surface area contributed by atoms with Gasteiger partial charge in [0.2, 0.25) is 5.95 Å². The van der Waals surface area contributed by atoms with E-state index >= 15 is 0 Å². The molecule has 4 nitrogen and oxygen atoms in total. The van der Waals surface area contributed by atoms with Gasteiger partial charge in [-0.15, -0.1) is 0 Å². The van der Waals surface area contributed by atoms with E-state index in [1.165, 1.54) is 0 Å². The van der Waals surface area contributed by atoms with Crippen molar-refractivity contribution in [1.29, 1.82) is 0 Å². The van der Waals surface area contributed by atoms with Crippen molar-refractivity contribution in [2.24, 2.45) is 0 Å². The summed E-state index contributed by atoms with van der Waals surface area (Å²) in [5.74, 6) is 1.80. The third-order valence-corrected chi connectivity index (χ3v) is 3.91. The van der Waals surface area contributed by atoms with Crippen LogP contribution in [0, 0.1) is 0 Å². The second kappa shape index (κ2) is 4.65. The monoisotopic (exact) mass is 307 g/mol. The van der Waals surface area contributed by atoms with E-state index in [-0.39, 0.29) is 0 Å². The second-order valence-corrected chi connectivity index (χ2v) is 4.99. The molecule has 0 unspecified atom stereocenters. The molecule has 0 aliphatic carbocycles. The molecule has 0 amide bonds. The Morgan fingerprint density at radius 2 is 2.11 bits per heavy atom. The van der Waals surface area contributed by atoms with E-state index in [2.05, 4.69) is 30.8 Å². The van der Waals surface area contributed by atoms with Crippen molar-refractivity contribution in [3.63, 3.8) is 0 Å². The molecule has 18 heavy (non-hydrogen) atoms. The Labute approximate surface area is 114 Å². The van der Waals surface area contributed by atoms with E-state index in [9.17, 15) is 0 Å². The average molecular weight is 308 g/mol. The number of ether oxygens (including phenoxy) is 1. The van der Waals surface area contributed by atoms with Crippen LogP contribution < -0.4 is 10.1 Å². The van der Waals surface area contributed by atoms with Gasteiger partial charge in [0.25, 0.3) is 0 Å². The maximum Gasteiger partial charge on any atom is 0.204 e. The summed E-state index contributed by atoms with van der Waals surface area (Å²) in [6.07, 6.45) is 1.13. The zero-order valence-corrected chi connectivity index (χ0v) is 11.7. The van der Waals surface area contributed by atoms with E-state index in [1.54, 1.807) is 7.11 Å². The highest BCUT2D eigenvalue weighted by Gasteiger charge is 2.18. The Hall–Kier alpha value is -1.49. The Morgan fingerprint density at radius 1 is 1.33 bits per heavy atom. The zero-order valence-electron chi connectivity index (χ0n) is 10.1. The molecular weight excluding hydrogens is 294 g/mol. The molecule has 1 aliphatic heterocycles. The molecular formula is C13H14BrN3O. The summed E-state index contributed by atoms with van der Waals surface area (Å²) in [4.78, 5) is 4.64. The van der Waals surface area contributed by atoms with E-state index in [4.69, 9.17) is 4.74 Å². The van der Waals surface area contributed by atoms with E-state index in [0.29, 0.717) is 0 Å². The van der Waals surface area contributed by atoms with Crippen LogP contribution in [0.3, 0.4) is 0 Å². The van der Waals surface area contributed by atoms with Gasteiger partial charge in [0.15, 0.2) is 0 Å². The molecule has 0 bridgehead atoms. The summed E-state index contributed by atoms with van der Waals surface area (Å²) >= 11 is 3.64. The van der Waals surface area contributed by atoms with Gasteiger partial charge in [0.05, 0.1) is 7.11 Å². The van der Waals surface area contributed by atoms with Gasteiger partial charge in [0, 0.05) is 18.7 Å². The quantitative estimate of drug-likeness (QED) is 0.926. The highest BCUT2D eigenvalue weighted by molar-refractivity contribution is 9.10. The van der Waals surface area contributed by atoms with Gasteiger partial charge in [0.1, 0.15) is 16.0 Å². The minimum absolute atomic E-state index is 0.858. The smallest absolute Gasteiger partial charge is 0.204 e. The Kier molecular flexibility index (Phi) is 2.99. The number of hydrogen-bond acceptors (Lipinski definition) is 3. The number of imidazole rings is 1. The first-order valence-electron chi connectivity index (χ1n) is 5.94. The van der Waals surface area contributed by atoms with Crippen molar-refractivity contribution in [2.45, 2.75) is 13.0 Å². The molecule has 5 heteroatoms. The number of methoxy groups -OCH3 is 1. The van der Waals surface area contributed by atoms with E-state index in [0.717, 1.165) is 47.1 Å². The molecule has 0 saturated carbocycles. The lowest BCUT2D eigenvalue weighted by molar-refractivity contribution is 0.415. The van der Waals surface area contributed by atoms with Gasteiger partial charge in [-0.05, 0) is 46.6 Å². The van der Waals surface area contributed by atoms with Crippen molar-refractivity contribution in [3.8, 4) is 17.0 Å². The number of benzene rings is 1. The Morgan fingerprint density at radius 3 is 2.78 bits per heavy atom. The fourth-order valence-electron chi connectivity index (χ4n) is 2.14. The zero-order chi connectivity index (χ0) is 12.5. The molecule has 94 valence electrons. The standard InChI is InChI=1S/C13H14BrN3O/c1-18-10-5-3-9(4-6-10)11-12(14)17-8-2-7-15-13(17)16-11/h3-6H,2,7-8H2,1H3,(H,15,16). The number of nitrogens with one attached hydrogen (secondary N) is 1. The summed E-state index contributed by atoms with van der Waals surface area (Å²) in [6.45, 7) is 2.00. The minimum Gasteiger partial charge on any atom is -0.497 e. The van der Waals surface area contributed by atoms with Crippen molar-refractivity contribution in [3.05, 3.63) is 28.9 Å². The highest BCUT2D eigenvalue weighted by atomic mass is 79.9. The van der Waals surface area contributed by atoms with E-state index < -0.39 is 0 Å². The predicted octanol–water partition coefficient (Wildman–Crippen LogP) is 3.14. The third-order valence-electron chi connectivity index (χ3n) is 3.11. The number of hydrogen-bond donors (Lipinski definition) is 1. The second-order valence-electron chi connectivity index (χ2n) is 4.24. The first kappa shape index (κ1) is 11.6. The average Bonchev–Trinajstić information content (AvgIpc) is 2.77. The first-order valence-corrected chi connectivity index (χ1v) is 6.73. The molecule has 0 radical (unpaired) electrons. The molecule has 0 spiro atoms. The van der Waals surface area contributed by atoms with Crippen LogP contribution in [-0.2, 0) is 6.54 Å². The maximum absolute atomic E-state index is 5.17. The SMILES string of the molecule is COc1ccc(-c2nc3n(c2Br)CCCN3)cc1. The summed E-state index contributed by atoms with van der Waals surface area (Å²) in [5.41, 5.74) is 2.06. The van der Waals surface area contributed by atoms with Gasteiger partial charge < -0.3 is 14.6 Å². The topological polar surface area (TPSA) is 39.1 Å². The van der Waals surface area contributed by atoms with Crippen molar-refractivity contribution < 1.29 is 4.74 Å². The number of nitrogens with zero attached hydrogens (tertiary/aromatic N) is 2. The van der Waals surface area contributed by atoms with Crippen LogP contribution in [0.15, 0.2) is 28.9 Å². The molecule has 0 fully saturated rings. The third kappa shape index (κ3) is 1.88. The largest absolute Gasteiger partial charge is 0.497 e. The Balaban J connectivity index is 2.02. The number of aromatic nitrogens is 2. The molecule has 2 aromatic rings. The number of halogens is 1. The molecule has 0 saturated heterocycles. The molecule has 1 aromatic carbocycles. The number of fused-ring (bicyclic) bond motifs is 1. The normalized spacial score (nSPS) is 13.9. The predicted molar refractivity (Wildman–Crippen MR) is 75.0 cm³/mol. The summed E-state index contributed by atoms with van der Waals surface area (Å²) in [7, 11) is 1.67.